The SMILES string of the molecule is Cc1n[nH]c(C)c1S(=O)(=O)NC(C)(C)CCBr. The van der Waals surface area contributed by atoms with Crippen LogP contribution in [0.2, 0.25) is 0 Å². The van der Waals surface area contributed by atoms with Gasteiger partial charge < -0.3 is 0 Å². The molecule has 0 unspecified atom stereocenters. The molecule has 0 fully saturated rings. The average molecular weight is 324 g/mol. The second-order valence-electron chi connectivity index (χ2n) is 4.69. The Hall–Kier alpha value is -0.400. The topological polar surface area (TPSA) is 74.8 Å². The molecule has 1 rings (SSSR count). The maximum Gasteiger partial charge on any atom is 0.244 e. The van der Waals surface area contributed by atoms with Gasteiger partial charge in [-0.3, -0.25) is 5.10 Å². The van der Waals surface area contributed by atoms with Crippen LogP contribution in [0.4, 0.5) is 0 Å². The fourth-order valence-electron chi connectivity index (χ4n) is 1.64. The van der Waals surface area contributed by atoms with E-state index < -0.39 is 15.6 Å². The highest BCUT2D eigenvalue weighted by Gasteiger charge is 2.29. The van der Waals surface area contributed by atoms with Crippen molar-refractivity contribution in [2.24, 2.45) is 0 Å². The second kappa shape index (κ2) is 5.07. The van der Waals surface area contributed by atoms with Crippen molar-refractivity contribution in [3.63, 3.8) is 0 Å². The summed E-state index contributed by atoms with van der Waals surface area (Å²) < 4.78 is 27.2. The monoisotopic (exact) mass is 323 g/mol. The molecule has 2 N–H and O–H groups in total. The largest absolute Gasteiger partial charge is 0.281 e. The van der Waals surface area contributed by atoms with E-state index >= 15 is 0 Å². The summed E-state index contributed by atoms with van der Waals surface area (Å²) in [7, 11) is -3.52. The molecule has 0 atom stereocenters. The van der Waals surface area contributed by atoms with Gasteiger partial charge >= 0.3 is 0 Å². The molecular weight excluding hydrogens is 306 g/mol. The molecule has 0 aromatic carbocycles. The number of nitrogens with one attached hydrogen (secondary N) is 2. The Kier molecular flexibility index (Phi) is 4.38. The van der Waals surface area contributed by atoms with Crippen molar-refractivity contribution in [2.75, 3.05) is 5.33 Å². The lowest BCUT2D eigenvalue weighted by Crippen LogP contribution is -2.43. The molecule has 0 aliphatic carbocycles. The van der Waals surface area contributed by atoms with Crippen LogP contribution in [0.1, 0.15) is 31.7 Å². The van der Waals surface area contributed by atoms with E-state index in [9.17, 15) is 8.42 Å². The van der Waals surface area contributed by atoms with Gasteiger partial charge in [0, 0.05) is 10.9 Å². The highest BCUT2D eigenvalue weighted by molar-refractivity contribution is 9.09. The molecule has 7 heteroatoms. The molecule has 0 radical (unpaired) electrons. The van der Waals surface area contributed by atoms with Gasteiger partial charge in [0.05, 0.1) is 11.4 Å². The van der Waals surface area contributed by atoms with E-state index in [2.05, 4.69) is 30.8 Å². The molecule has 0 amide bonds. The average Bonchev–Trinajstić information content (AvgIpc) is 2.43. The Morgan fingerprint density at radius 3 is 2.41 bits per heavy atom. The molecule has 98 valence electrons. The zero-order chi connectivity index (χ0) is 13.3. The minimum Gasteiger partial charge on any atom is -0.281 e. The van der Waals surface area contributed by atoms with E-state index in [0.29, 0.717) is 17.8 Å². The number of hydrogen-bond acceptors (Lipinski definition) is 3. The van der Waals surface area contributed by atoms with Gasteiger partial charge in [0.2, 0.25) is 10.0 Å². The van der Waals surface area contributed by atoms with Gasteiger partial charge in [0.25, 0.3) is 0 Å². The fraction of sp³-hybridized carbons (Fsp3) is 0.700. The van der Waals surface area contributed by atoms with Crippen LogP contribution in [0.15, 0.2) is 4.90 Å². The molecule has 0 saturated heterocycles. The first-order chi connectivity index (χ1) is 7.69. The molecule has 0 bridgehead atoms. The van der Waals surface area contributed by atoms with E-state index in [4.69, 9.17) is 0 Å². The van der Waals surface area contributed by atoms with Gasteiger partial charge in [0.1, 0.15) is 4.90 Å². The van der Waals surface area contributed by atoms with Crippen molar-refractivity contribution in [3.05, 3.63) is 11.4 Å². The van der Waals surface area contributed by atoms with Gasteiger partial charge in [-0.15, -0.1) is 0 Å². The number of alkyl halides is 1. The molecule has 1 heterocycles. The van der Waals surface area contributed by atoms with Crippen LogP contribution in [0.5, 0.6) is 0 Å². The first-order valence-corrected chi connectivity index (χ1v) is 7.91. The van der Waals surface area contributed by atoms with E-state index in [1.165, 1.54) is 0 Å². The summed E-state index contributed by atoms with van der Waals surface area (Å²) in [6.45, 7) is 7.09. The minimum atomic E-state index is -3.52. The molecule has 0 saturated carbocycles. The summed E-state index contributed by atoms with van der Waals surface area (Å²) in [5.74, 6) is 0. The number of nitrogens with zero attached hydrogens (tertiary/aromatic N) is 1. The number of aromatic amines is 1. The zero-order valence-corrected chi connectivity index (χ0v) is 12.9. The van der Waals surface area contributed by atoms with E-state index in [1.54, 1.807) is 13.8 Å². The maximum absolute atomic E-state index is 12.2. The Labute approximate surface area is 111 Å². The van der Waals surface area contributed by atoms with Gasteiger partial charge in [0.15, 0.2) is 0 Å². The lowest BCUT2D eigenvalue weighted by molar-refractivity contribution is 0.443. The smallest absolute Gasteiger partial charge is 0.244 e. The summed E-state index contributed by atoms with van der Waals surface area (Å²) in [5, 5.41) is 7.33. The van der Waals surface area contributed by atoms with Crippen molar-refractivity contribution < 1.29 is 8.42 Å². The van der Waals surface area contributed by atoms with Gasteiger partial charge in [-0.2, -0.15) is 5.10 Å². The van der Waals surface area contributed by atoms with Crippen LogP contribution in [-0.4, -0.2) is 29.5 Å². The summed E-state index contributed by atoms with van der Waals surface area (Å²) in [4.78, 5) is 0.250. The van der Waals surface area contributed by atoms with E-state index in [0.717, 1.165) is 5.33 Å². The molecular formula is C10H18BrN3O2S. The number of rotatable bonds is 5. The number of H-pyrrole nitrogens is 1. The quantitative estimate of drug-likeness (QED) is 0.812. The van der Waals surface area contributed by atoms with Gasteiger partial charge in [-0.25, -0.2) is 13.1 Å². The number of aromatic nitrogens is 2. The highest BCUT2D eigenvalue weighted by Crippen LogP contribution is 2.20. The standard InChI is InChI=1S/C10H18BrN3O2S/c1-7-9(8(2)13-12-7)17(15,16)14-10(3,4)5-6-11/h14H,5-6H2,1-4H3,(H,12,13). The lowest BCUT2D eigenvalue weighted by Gasteiger charge is -2.25. The zero-order valence-electron chi connectivity index (χ0n) is 10.5. The summed E-state index contributed by atoms with van der Waals surface area (Å²) in [5.41, 5.74) is 0.563. The first kappa shape index (κ1) is 14.7. The molecule has 5 nitrogen and oxygen atoms in total. The molecule has 1 aromatic rings. The predicted octanol–water partition coefficient (Wildman–Crippen LogP) is 1.87. The van der Waals surface area contributed by atoms with E-state index in [-0.39, 0.29) is 4.90 Å². The molecule has 0 aliphatic heterocycles. The van der Waals surface area contributed by atoms with Crippen molar-refractivity contribution in [3.8, 4) is 0 Å². The maximum atomic E-state index is 12.2. The third-order valence-electron chi connectivity index (χ3n) is 2.46. The van der Waals surface area contributed by atoms with E-state index in [1.807, 2.05) is 13.8 Å². The van der Waals surface area contributed by atoms with Crippen LogP contribution in [0.25, 0.3) is 0 Å². The summed E-state index contributed by atoms with van der Waals surface area (Å²) in [6, 6.07) is 0. The molecule has 1 aromatic heterocycles. The second-order valence-corrected chi connectivity index (χ2v) is 7.10. The van der Waals surface area contributed by atoms with Gasteiger partial charge in [-0.1, -0.05) is 15.9 Å². The Balaban J connectivity index is 3.06. The summed E-state index contributed by atoms with van der Waals surface area (Å²) in [6.07, 6.45) is 0.710. The first-order valence-electron chi connectivity index (χ1n) is 5.31. The van der Waals surface area contributed by atoms with Crippen molar-refractivity contribution in [1.82, 2.24) is 14.9 Å². The molecule has 0 spiro atoms. The van der Waals surface area contributed by atoms with Crippen LogP contribution in [0, 0.1) is 13.8 Å². The van der Waals surface area contributed by atoms with Crippen molar-refractivity contribution >= 4 is 26.0 Å². The fourth-order valence-corrected chi connectivity index (χ4v) is 4.44. The third-order valence-corrected chi connectivity index (χ3v) is 4.82. The van der Waals surface area contributed by atoms with Crippen molar-refractivity contribution in [1.29, 1.82) is 0 Å². The lowest BCUT2D eigenvalue weighted by atomic mass is 10.0. The van der Waals surface area contributed by atoms with Crippen LogP contribution >= 0.6 is 15.9 Å². The number of sulfonamides is 1. The normalized spacial score (nSPS) is 13.0. The Morgan fingerprint density at radius 2 is 2.00 bits per heavy atom. The predicted molar refractivity (Wildman–Crippen MR) is 70.9 cm³/mol. The Bertz CT molecular complexity index is 474. The number of hydrogen-bond donors (Lipinski definition) is 2. The Morgan fingerprint density at radius 1 is 1.41 bits per heavy atom. The van der Waals surface area contributed by atoms with Gasteiger partial charge in [-0.05, 0) is 34.1 Å². The summed E-state index contributed by atoms with van der Waals surface area (Å²) >= 11 is 3.32. The highest BCUT2D eigenvalue weighted by atomic mass is 79.9. The molecule has 17 heavy (non-hydrogen) atoms. The number of halogens is 1. The third kappa shape index (κ3) is 3.53. The van der Waals surface area contributed by atoms with Crippen molar-refractivity contribution in [2.45, 2.75) is 44.6 Å². The van der Waals surface area contributed by atoms with Crippen LogP contribution in [0.3, 0.4) is 0 Å². The van der Waals surface area contributed by atoms with Crippen LogP contribution < -0.4 is 4.72 Å². The minimum absolute atomic E-state index is 0.250. The number of aryl methyl sites for hydroxylation is 2. The molecule has 0 aliphatic rings. The van der Waals surface area contributed by atoms with Crippen LogP contribution in [-0.2, 0) is 10.0 Å².